The van der Waals surface area contributed by atoms with Gasteiger partial charge in [0.25, 0.3) is 0 Å². The van der Waals surface area contributed by atoms with Crippen molar-refractivity contribution in [1.82, 2.24) is 14.0 Å². The van der Waals surface area contributed by atoms with Gasteiger partial charge >= 0.3 is 5.69 Å². The SMILES string of the molecule is CCC1CCCCN1CCOc1ccc(-n2ccn(C3C=CC(Oc4ccccc4)=CC3)c2=O)cc1. The van der Waals surface area contributed by atoms with Gasteiger partial charge in [0.15, 0.2) is 0 Å². The molecule has 0 radical (unpaired) electrons. The summed E-state index contributed by atoms with van der Waals surface area (Å²) in [6.07, 6.45) is 15.5. The molecule has 2 atom stereocenters. The van der Waals surface area contributed by atoms with E-state index in [0.29, 0.717) is 19.1 Å². The minimum absolute atomic E-state index is 0.0359. The van der Waals surface area contributed by atoms with E-state index in [0.717, 1.165) is 29.5 Å². The minimum atomic E-state index is -0.0603. The molecule has 36 heavy (non-hydrogen) atoms. The van der Waals surface area contributed by atoms with Gasteiger partial charge in [0, 0.05) is 25.0 Å². The third-order valence-corrected chi connectivity index (χ3v) is 7.17. The lowest BCUT2D eigenvalue weighted by Crippen LogP contribution is -2.41. The van der Waals surface area contributed by atoms with Crippen LogP contribution in [-0.2, 0) is 0 Å². The van der Waals surface area contributed by atoms with E-state index in [1.165, 1.54) is 32.2 Å². The van der Waals surface area contributed by atoms with Crippen molar-refractivity contribution in [2.75, 3.05) is 19.7 Å². The van der Waals surface area contributed by atoms with Crippen LogP contribution in [0.5, 0.6) is 11.5 Å². The fourth-order valence-corrected chi connectivity index (χ4v) is 5.14. The summed E-state index contributed by atoms with van der Waals surface area (Å²) in [5.74, 6) is 2.44. The summed E-state index contributed by atoms with van der Waals surface area (Å²) in [7, 11) is 0. The highest BCUT2D eigenvalue weighted by Gasteiger charge is 2.20. The Morgan fingerprint density at radius 2 is 1.81 bits per heavy atom. The summed E-state index contributed by atoms with van der Waals surface area (Å²) in [5.41, 5.74) is 0.770. The summed E-state index contributed by atoms with van der Waals surface area (Å²) in [4.78, 5) is 15.7. The van der Waals surface area contributed by atoms with E-state index in [1.807, 2.05) is 85.2 Å². The van der Waals surface area contributed by atoms with Gasteiger partial charge in [0.1, 0.15) is 23.9 Å². The standard InChI is InChI=1S/C30H35N3O3/c1-2-24-8-6-7-19-31(24)22-23-35-27-15-11-25(12-16-27)32-20-21-33(30(32)34)26-13-17-29(18-14-26)36-28-9-4-3-5-10-28/h3-5,9-13,15-18,20-21,24,26H,2,6-8,14,19,22-23H2,1H3. The molecule has 6 heteroatoms. The molecule has 1 saturated heterocycles. The molecule has 188 valence electrons. The second-order valence-electron chi connectivity index (χ2n) is 9.48. The molecule has 1 aromatic heterocycles. The monoisotopic (exact) mass is 485 g/mol. The van der Waals surface area contributed by atoms with Crippen molar-refractivity contribution in [1.29, 1.82) is 0 Å². The van der Waals surface area contributed by atoms with Crippen LogP contribution in [0.2, 0.25) is 0 Å². The van der Waals surface area contributed by atoms with Crippen LogP contribution in [0.15, 0.2) is 95.8 Å². The molecule has 1 fully saturated rings. The number of likely N-dealkylation sites (tertiary alicyclic amines) is 1. The predicted molar refractivity (Wildman–Crippen MR) is 143 cm³/mol. The molecule has 2 aromatic carbocycles. The first-order valence-electron chi connectivity index (χ1n) is 13.1. The van der Waals surface area contributed by atoms with Gasteiger partial charge in [-0.05, 0) is 80.8 Å². The van der Waals surface area contributed by atoms with Gasteiger partial charge < -0.3 is 9.47 Å². The van der Waals surface area contributed by atoms with Crippen LogP contribution >= 0.6 is 0 Å². The van der Waals surface area contributed by atoms with E-state index < -0.39 is 0 Å². The Kier molecular flexibility index (Phi) is 7.72. The molecule has 1 aliphatic carbocycles. The van der Waals surface area contributed by atoms with E-state index in [4.69, 9.17) is 9.47 Å². The normalized spacial score (nSPS) is 20.2. The molecule has 5 rings (SSSR count). The molecular formula is C30H35N3O3. The maximum atomic E-state index is 13.1. The number of aromatic nitrogens is 2. The zero-order valence-electron chi connectivity index (χ0n) is 21.0. The number of allylic oxidation sites excluding steroid dienone is 3. The maximum absolute atomic E-state index is 13.1. The quantitative estimate of drug-likeness (QED) is 0.387. The van der Waals surface area contributed by atoms with Crippen molar-refractivity contribution in [3.8, 4) is 17.2 Å². The first-order chi connectivity index (χ1) is 17.7. The zero-order chi connectivity index (χ0) is 24.7. The Morgan fingerprint density at radius 1 is 0.972 bits per heavy atom. The Morgan fingerprint density at radius 3 is 2.56 bits per heavy atom. The summed E-state index contributed by atoms with van der Waals surface area (Å²) in [6, 6.07) is 18.2. The molecule has 0 amide bonds. The lowest BCUT2D eigenvalue weighted by Gasteiger charge is -2.34. The number of piperidine rings is 1. The molecule has 3 aromatic rings. The highest BCUT2D eigenvalue weighted by atomic mass is 16.5. The third-order valence-electron chi connectivity index (χ3n) is 7.17. The lowest BCUT2D eigenvalue weighted by atomic mass is 10.0. The Balaban J connectivity index is 1.17. The van der Waals surface area contributed by atoms with Crippen molar-refractivity contribution in [3.05, 3.63) is 101 Å². The fraction of sp³-hybridized carbons (Fsp3) is 0.367. The van der Waals surface area contributed by atoms with E-state index in [9.17, 15) is 4.79 Å². The predicted octanol–water partition coefficient (Wildman–Crippen LogP) is 5.75. The highest BCUT2D eigenvalue weighted by Crippen LogP contribution is 2.24. The van der Waals surface area contributed by atoms with Crippen LogP contribution in [0.3, 0.4) is 0 Å². The minimum Gasteiger partial charge on any atom is -0.492 e. The van der Waals surface area contributed by atoms with E-state index in [2.05, 4.69) is 11.8 Å². The van der Waals surface area contributed by atoms with Gasteiger partial charge in [-0.2, -0.15) is 0 Å². The molecule has 1 aliphatic heterocycles. The lowest BCUT2D eigenvalue weighted by molar-refractivity contribution is 0.120. The van der Waals surface area contributed by atoms with Crippen LogP contribution in [0.1, 0.15) is 45.1 Å². The molecular weight excluding hydrogens is 450 g/mol. The largest absolute Gasteiger partial charge is 0.492 e. The van der Waals surface area contributed by atoms with Gasteiger partial charge in [-0.1, -0.05) is 37.6 Å². The summed E-state index contributed by atoms with van der Waals surface area (Å²) in [6.45, 7) is 5.10. The van der Waals surface area contributed by atoms with Crippen molar-refractivity contribution in [3.63, 3.8) is 0 Å². The zero-order valence-corrected chi connectivity index (χ0v) is 21.0. The average Bonchev–Trinajstić information content (AvgIpc) is 3.31. The van der Waals surface area contributed by atoms with Gasteiger partial charge in [0.2, 0.25) is 0 Å². The highest BCUT2D eigenvalue weighted by molar-refractivity contribution is 5.37. The molecule has 2 aliphatic rings. The molecule has 0 spiro atoms. The van der Waals surface area contributed by atoms with Gasteiger partial charge in [0.05, 0.1) is 11.7 Å². The molecule has 0 bridgehead atoms. The van der Waals surface area contributed by atoms with Crippen LogP contribution in [-0.4, -0.2) is 39.8 Å². The van der Waals surface area contributed by atoms with Crippen molar-refractivity contribution >= 4 is 0 Å². The summed E-state index contributed by atoms with van der Waals surface area (Å²) >= 11 is 0. The second-order valence-corrected chi connectivity index (χ2v) is 9.48. The number of para-hydroxylation sites is 1. The molecule has 0 saturated carbocycles. The van der Waals surface area contributed by atoms with Gasteiger partial charge in [-0.15, -0.1) is 0 Å². The topological polar surface area (TPSA) is 48.6 Å². The first-order valence-corrected chi connectivity index (χ1v) is 13.1. The van der Waals surface area contributed by atoms with Crippen LogP contribution < -0.4 is 15.2 Å². The van der Waals surface area contributed by atoms with Gasteiger partial charge in [-0.25, -0.2) is 4.79 Å². The van der Waals surface area contributed by atoms with Crippen molar-refractivity contribution in [2.45, 2.75) is 51.1 Å². The maximum Gasteiger partial charge on any atom is 0.333 e. The number of nitrogens with zero attached hydrogens (tertiary/aromatic N) is 3. The Labute approximate surface area is 213 Å². The Hall–Kier alpha value is -3.51. The molecule has 6 nitrogen and oxygen atoms in total. The van der Waals surface area contributed by atoms with Crippen LogP contribution in [0.25, 0.3) is 5.69 Å². The summed E-state index contributed by atoms with van der Waals surface area (Å²) in [5, 5.41) is 0. The van der Waals surface area contributed by atoms with Gasteiger partial charge in [-0.3, -0.25) is 14.0 Å². The third kappa shape index (κ3) is 5.65. The van der Waals surface area contributed by atoms with Crippen LogP contribution in [0.4, 0.5) is 0 Å². The van der Waals surface area contributed by atoms with Crippen molar-refractivity contribution < 1.29 is 9.47 Å². The fourth-order valence-electron chi connectivity index (χ4n) is 5.14. The average molecular weight is 486 g/mol. The number of imidazole rings is 1. The first kappa shape index (κ1) is 24.2. The molecule has 0 N–H and O–H groups in total. The number of hydrogen-bond donors (Lipinski definition) is 0. The van der Waals surface area contributed by atoms with E-state index in [1.54, 1.807) is 9.13 Å². The number of hydrogen-bond acceptors (Lipinski definition) is 4. The molecule has 2 unspecified atom stereocenters. The number of benzene rings is 2. The van der Waals surface area contributed by atoms with Crippen LogP contribution in [0, 0.1) is 0 Å². The van der Waals surface area contributed by atoms with E-state index in [-0.39, 0.29) is 11.7 Å². The second kappa shape index (κ2) is 11.5. The van der Waals surface area contributed by atoms with Crippen molar-refractivity contribution in [2.24, 2.45) is 0 Å². The van der Waals surface area contributed by atoms with E-state index >= 15 is 0 Å². The smallest absolute Gasteiger partial charge is 0.333 e. The number of ether oxygens (including phenoxy) is 2. The Bertz CT molecular complexity index is 1240. The number of rotatable bonds is 9. The molecule has 2 heterocycles. The summed E-state index contributed by atoms with van der Waals surface area (Å²) < 4.78 is 15.4.